The van der Waals surface area contributed by atoms with Crippen LogP contribution in [0.1, 0.15) is 11.3 Å². The fourth-order valence-corrected chi connectivity index (χ4v) is 1.46. The van der Waals surface area contributed by atoms with Crippen LogP contribution in [0.2, 0.25) is 0 Å². The summed E-state index contributed by atoms with van der Waals surface area (Å²) in [6.45, 7) is 2.24. The lowest BCUT2D eigenvalue weighted by Gasteiger charge is -2.10. The third-order valence-corrected chi connectivity index (χ3v) is 2.37. The Kier molecular flexibility index (Phi) is 3.20. The monoisotopic (exact) mass is 230 g/mol. The molecule has 0 atom stereocenters. The van der Waals surface area contributed by atoms with Gasteiger partial charge in [-0.2, -0.15) is 0 Å². The molecule has 2 rings (SSSR count). The van der Waals surface area contributed by atoms with Gasteiger partial charge in [0.05, 0.1) is 11.9 Å². The van der Waals surface area contributed by atoms with Crippen LogP contribution in [0.15, 0.2) is 30.5 Å². The average molecular weight is 230 g/mol. The fraction of sp³-hybridized carbons (Fsp3) is 0.167. The maximum Gasteiger partial charge on any atom is 0.220 e. The van der Waals surface area contributed by atoms with Crippen molar-refractivity contribution in [1.82, 2.24) is 9.97 Å². The van der Waals surface area contributed by atoms with Gasteiger partial charge in [0.15, 0.2) is 5.75 Å². The minimum absolute atomic E-state index is 0.238. The standard InChI is InChI=1S/C12H14N4O/c1-8-11(7-15-12(14)16-8)17-10-5-3-2-4-9(10)6-13/h2-5,7H,6,13H2,1H3,(H2,14,15,16). The second-order valence-electron chi connectivity index (χ2n) is 3.59. The summed E-state index contributed by atoms with van der Waals surface area (Å²) >= 11 is 0. The lowest BCUT2D eigenvalue weighted by molar-refractivity contribution is 0.467. The van der Waals surface area contributed by atoms with Crippen molar-refractivity contribution in [2.45, 2.75) is 13.5 Å². The molecule has 0 saturated carbocycles. The number of rotatable bonds is 3. The van der Waals surface area contributed by atoms with E-state index in [0.29, 0.717) is 23.7 Å². The molecule has 1 aromatic carbocycles. The smallest absolute Gasteiger partial charge is 0.220 e. The van der Waals surface area contributed by atoms with Crippen molar-refractivity contribution in [1.29, 1.82) is 0 Å². The molecular formula is C12H14N4O. The van der Waals surface area contributed by atoms with E-state index in [1.807, 2.05) is 31.2 Å². The molecule has 2 aromatic rings. The van der Waals surface area contributed by atoms with Gasteiger partial charge in [0.2, 0.25) is 5.95 Å². The molecule has 0 bridgehead atoms. The number of nitrogens with two attached hydrogens (primary N) is 2. The Balaban J connectivity index is 2.31. The van der Waals surface area contributed by atoms with Crippen LogP contribution in [0.3, 0.4) is 0 Å². The summed E-state index contributed by atoms with van der Waals surface area (Å²) in [5.74, 6) is 1.54. The molecule has 0 aliphatic rings. The van der Waals surface area contributed by atoms with Crippen molar-refractivity contribution in [2.75, 3.05) is 5.73 Å². The van der Waals surface area contributed by atoms with E-state index in [9.17, 15) is 0 Å². The van der Waals surface area contributed by atoms with Gasteiger partial charge in [0, 0.05) is 12.1 Å². The molecular weight excluding hydrogens is 216 g/mol. The van der Waals surface area contributed by atoms with E-state index < -0.39 is 0 Å². The maximum atomic E-state index is 5.73. The summed E-state index contributed by atoms with van der Waals surface area (Å²) in [5.41, 5.74) is 12.7. The van der Waals surface area contributed by atoms with E-state index >= 15 is 0 Å². The number of para-hydroxylation sites is 1. The van der Waals surface area contributed by atoms with Crippen LogP contribution in [-0.4, -0.2) is 9.97 Å². The Hall–Kier alpha value is -2.14. The van der Waals surface area contributed by atoms with Crippen LogP contribution in [0.5, 0.6) is 11.5 Å². The minimum Gasteiger partial charge on any atom is -0.453 e. The van der Waals surface area contributed by atoms with Gasteiger partial charge in [0.25, 0.3) is 0 Å². The molecule has 0 saturated heterocycles. The molecule has 0 spiro atoms. The predicted octanol–water partition coefficient (Wildman–Crippen LogP) is 1.62. The van der Waals surface area contributed by atoms with Gasteiger partial charge >= 0.3 is 0 Å². The third kappa shape index (κ3) is 2.51. The largest absolute Gasteiger partial charge is 0.453 e. The summed E-state index contributed by atoms with van der Waals surface area (Å²) in [4.78, 5) is 7.94. The molecule has 0 amide bonds. The minimum atomic E-state index is 0.238. The summed E-state index contributed by atoms with van der Waals surface area (Å²) in [6.07, 6.45) is 1.56. The van der Waals surface area contributed by atoms with E-state index in [2.05, 4.69) is 9.97 Å². The molecule has 5 nitrogen and oxygen atoms in total. The first-order valence-corrected chi connectivity index (χ1v) is 5.25. The topological polar surface area (TPSA) is 87.0 Å². The molecule has 1 heterocycles. The van der Waals surface area contributed by atoms with Gasteiger partial charge in [-0.1, -0.05) is 18.2 Å². The van der Waals surface area contributed by atoms with E-state index in [0.717, 1.165) is 5.56 Å². The van der Waals surface area contributed by atoms with E-state index in [4.69, 9.17) is 16.2 Å². The lowest BCUT2D eigenvalue weighted by Crippen LogP contribution is -2.02. The van der Waals surface area contributed by atoms with Gasteiger partial charge < -0.3 is 16.2 Å². The Morgan fingerprint density at radius 2 is 2.00 bits per heavy atom. The number of hydrogen-bond donors (Lipinski definition) is 2. The molecule has 0 aliphatic heterocycles. The third-order valence-electron chi connectivity index (χ3n) is 2.37. The molecule has 5 heteroatoms. The normalized spacial score (nSPS) is 10.2. The number of hydrogen-bond acceptors (Lipinski definition) is 5. The van der Waals surface area contributed by atoms with Gasteiger partial charge in [-0.15, -0.1) is 0 Å². The zero-order valence-electron chi connectivity index (χ0n) is 9.55. The number of aromatic nitrogens is 2. The zero-order valence-corrected chi connectivity index (χ0v) is 9.55. The molecule has 0 unspecified atom stereocenters. The highest BCUT2D eigenvalue weighted by Crippen LogP contribution is 2.26. The van der Waals surface area contributed by atoms with Gasteiger partial charge in [0.1, 0.15) is 5.75 Å². The molecule has 17 heavy (non-hydrogen) atoms. The zero-order chi connectivity index (χ0) is 12.3. The Morgan fingerprint density at radius 3 is 2.71 bits per heavy atom. The van der Waals surface area contributed by atoms with Crippen LogP contribution < -0.4 is 16.2 Å². The van der Waals surface area contributed by atoms with Gasteiger partial charge in [-0.3, -0.25) is 0 Å². The molecule has 0 aliphatic carbocycles. The van der Waals surface area contributed by atoms with Crippen LogP contribution in [0.4, 0.5) is 5.95 Å². The quantitative estimate of drug-likeness (QED) is 0.836. The summed E-state index contributed by atoms with van der Waals surface area (Å²) in [5, 5.41) is 0. The van der Waals surface area contributed by atoms with Crippen LogP contribution in [0.25, 0.3) is 0 Å². The van der Waals surface area contributed by atoms with Crippen molar-refractivity contribution >= 4 is 5.95 Å². The van der Waals surface area contributed by atoms with E-state index in [1.165, 1.54) is 0 Å². The number of benzene rings is 1. The number of nitrogens with zero attached hydrogens (tertiary/aromatic N) is 2. The number of aryl methyl sites for hydroxylation is 1. The first-order valence-electron chi connectivity index (χ1n) is 5.25. The van der Waals surface area contributed by atoms with E-state index in [1.54, 1.807) is 6.20 Å². The van der Waals surface area contributed by atoms with Gasteiger partial charge in [-0.25, -0.2) is 9.97 Å². The molecule has 4 N–H and O–H groups in total. The lowest BCUT2D eigenvalue weighted by atomic mass is 10.2. The second kappa shape index (κ2) is 4.80. The van der Waals surface area contributed by atoms with Crippen LogP contribution in [-0.2, 0) is 6.54 Å². The highest BCUT2D eigenvalue weighted by atomic mass is 16.5. The summed E-state index contributed by atoms with van der Waals surface area (Å²) < 4.78 is 5.73. The first kappa shape index (κ1) is 11.3. The molecule has 0 fully saturated rings. The molecule has 1 aromatic heterocycles. The second-order valence-corrected chi connectivity index (χ2v) is 3.59. The first-order chi connectivity index (χ1) is 8.20. The Morgan fingerprint density at radius 1 is 1.24 bits per heavy atom. The average Bonchev–Trinajstić information content (AvgIpc) is 2.33. The predicted molar refractivity (Wildman–Crippen MR) is 65.6 cm³/mol. The van der Waals surface area contributed by atoms with Crippen LogP contribution >= 0.6 is 0 Å². The van der Waals surface area contributed by atoms with Crippen molar-refractivity contribution in [3.05, 3.63) is 41.7 Å². The maximum absolute atomic E-state index is 5.73. The Bertz CT molecular complexity index is 528. The van der Waals surface area contributed by atoms with Crippen molar-refractivity contribution in [3.8, 4) is 11.5 Å². The van der Waals surface area contributed by atoms with Crippen molar-refractivity contribution in [3.63, 3.8) is 0 Å². The molecule has 88 valence electrons. The highest BCUT2D eigenvalue weighted by molar-refractivity contribution is 5.39. The van der Waals surface area contributed by atoms with Crippen molar-refractivity contribution < 1.29 is 4.74 Å². The van der Waals surface area contributed by atoms with Crippen LogP contribution in [0, 0.1) is 6.92 Å². The van der Waals surface area contributed by atoms with E-state index in [-0.39, 0.29) is 5.95 Å². The SMILES string of the molecule is Cc1nc(N)ncc1Oc1ccccc1CN. The van der Waals surface area contributed by atoms with Crippen molar-refractivity contribution in [2.24, 2.45) is 5.73 Å². The molecule has 0 radical (unpaired) electrons. The number of ether oxygens (including phenoxy) is 1. The highest BCUT2D eigenvalue weighted by Gasteiger charge is 2.06. The Labute approximate surface area is 99.5 Å². The summed E-state index contributed by atoms with van der Waals surface area (Å²) in [6, 6.07) is 7.59. The number of anilines is 1. The van der Waals surface area contributed by atoms with Gasteiger partial charge in [-0.05, 0) is 13.0 Å². The number of nitrogen functional groups attached to an aromatic ring is 1. The fourth-order valence-electron chi connectivity index (χ4n) is 1.46. The summed E-state index contributed by atoms with van der Waals surface area (Å²) in [7, 11) is 0.